The van der Waals surface area contributed by atoms with Gasteiger partial charge in [0, 0.05) is 18.1 Å². The summed E-state index contributed by atoms with van der Waals surface area (Å²) in [6, 6.07) is 13.0. The van der Waals surface area contributed by atoms with Crippen molar-refractivity contribution in [2.45, 2.75) is 26.9 Å². The number of aromatic nitrogens is 4. The maximum atomic E-state index is 12.6. The van der Waals surface area contributed by atoms with Crippen LogP contribution < -0.4 is 5.32 Å². The highest BCUT2D eigenvalue weighted by Gasteiger charge is 2.13. The summed E-state index contributed by atoms with van der Waals surface area (Å²) < 4.78 is 10.4. The van der Waals surface area contributed by atoms with E-state index in [2.05, 4.69) is 31.4 Å². The van der Waals surface area contributed by atoms with E-state index in [0.29, 0.717) is 24.5 Å². The molecule has 3 aromatic heterocycles. The molecule has 0 saturated carbocycles. The van der Waals surface area contributed by atoms with Gasteiger partial charge in [-0.3, -0.25) is 14.2 Å². The lowest BCUT2D eigenvalue weighted by Crippen LogP contribution is -2.11. The Balaban J connectivity index is 1.44. The number of benzene rings is 1. The number of hydrogen-bond donors (Lipinski definition) is 1. The van der Waals surface area contributed by atoms with Crippen LogP contribution >= 0.6 is 15.9 Å². The predicted molar refractivity (Wildman–Crippen MR) is 113 cm³/mol. The van der Waals surface area contributed by atoms with Crippen LogP contribution in [0.25, 0.3) is 0 Å². The highest BCUT2D eigenvalue weighted by Crippen LogP contribution is 2.21. The molecule has 29 heavy (non-hydrogen) atoms. The molecule has 0 bridgehead atoms. The topological polar surface area (TPSA) is 77.9 Å². The summed E-state index contributed by atoms with van der Waals surface area (Å²) in [6.45, 7) is 5.09. The normalized spacial score (nSPS) is 11.0. The van der Waals surface area contributed by atoms with Crippen LogP contribution in [0.5, 0.6) is 0 Å². The van der Waals surface area contributed by atoms with Gasteiger partial charge in [-0.15, -0.1) is 0 Å². The number of furan rings is 1. The third kappa shape index (κ3) is 4.32. The number of rotatable bonds is 6. The van der Waals surface area contributed by atoms with Crippen LogP contribution in [0.1, 0.15) is 33.3 Å². The number of carbonyl (C=O) groups is 1. The molecular formula is C21H20BrN5O2. The quantitative estimate of drug-likeness (QED) is 0.469. The minimum absolute atomic E-state index is 0.264. The van der Waals surface area contributed by atoms with Crippen molar-refractivity contribution in [2.75, 3.05) is 5.32 Å². The number of hydrogen-bond acceptors (Lipinski definition) is 4. The Kier molecular flexibility index (Phi) is 5.35. The SMILES string of the molecule is Cc1nn(Cc2cccc(NC(=O)c3ccc(Cn4cccn4)o3)c2)c(C)c1Br. The molecule has 1 N–H and O–H groups in total. The molecule has 1 amide bonds. The minimum Gasteiger partial charge on any atom is -0.454 e. The van der Waals surface area contributed by atoms with Gasteiger partial charge in [-0.2, -0.15) is 10.2 Å². The standard InChI is InChI=1S/C21H20BrN5O2/c1-14-20(22)15(2)27(25-14)12-16-5-3-6-17(11-16)24-21(28)19-8-7-18(29-19)13-26-10-4-9-23-26/h3-11H,12-13H2,1-2H3,(H,24,28). The van der Waals surface area contributed by atoms with Gasteiger partial charge >= 0.3 is 0 Å². The van der Waals surface area contributed by atoms with Gasteiger partial charge in [0.05, 0.1) is 29.0 Å². The Bertz CT molecular complexity index is 1140. The van der Waals surface area contributed by atoms with Gasteiger partial charge in [-0.1, -0.05) is 12.1 Å². The van der Waals surface area contributed by atoms with Crippen LogP contribution in [0.4, 0.5) is 5.69 Å². The first-order valence-corrected chi connectivity index (χ1v) is 9.95. The lowest BCUT2D eigenvalue weighted by molar-refractivity contribution is 0.0994. The van der Waals surface area contributed by atoms with Crippen LogP contribution in [-0.2, 0) is 13.1 Å². The number of carbonyl (C=O) groups excluding carboxylic acids is 1. The number of nitrogens with zero attached hydrogens (tertiary/aromatic N) is 4. The number of halogens is 1. The van der Waals surface area contributed by atoms with Crippen LogP contribution in [0, 0.1) is 13.8 Å². The van der Waals surface area contributed by atoms with Crippen LogP contribution in [-0.4, -0.2) is 25.5 Å². The number of amides is 1. The molecular weight excluding hydrogens is 434 g/mol. The maximum absolute atomic E-state index is 12.6. The van der Waals surface area contributed by atoms with E-state index in [1.165, 1.54) is 0 Å². The zero-order chi connectivity index (χ0) is 20.4. The average molecular weight is 454 g/mol. The molecule has 7 nitrogen and oxygen atoms in total. The van der Waals surface area contributed by atoms with Gasteiger partial charge in [-0.25, -0.2) is 0 Å². The third-order valence-electron chi connectivity index (χ3n) is 4.57. The molecule has 4 aromatic rings. The lowest BCUT2D eigenvalue weighted by Gasteiger charge is -2.08. The molecule has 1 aromatic carbocycles. The van der Waals surface area contributed by atoms with Crippen molar-refractivity contribution in [3.05, 3.63) is 87.8 Å². The Morgan fingerprint density at radius 2 is 2.03 bits per heavy atom. The molecule has 0 aliphatic rings. The fourth-order valence-electron chi connectivity index (χ4n) is 3.08. The van der Waals surface area contributed by atoms with E-state index < -0.39 is 0 Å². The van der Waals surface area contributed by atoms with Crippen molar-refractivity contribution in [1.82, 2.24) is 19.6 Å². The lowest BCUT2D eigenvalue weighted by atomic mass is 10.2. The van der Waals surface area contributed by atoms with Gasteiger partial charge < -0.3 is 9.73 Å². The molecule has 0 radical (unpaired) electrons. The molecule has 0 unspecified atom stereocenters. The summed E-state index contributed by atoms with van der Waals surface area (Å²) in [5.41, 5.74) is 3.77. The summed E-state index contributed by atoms with van der Waals surface area (Å²) in [4.78, 5) is 12.6. The molecule has 0 saturated heterocycles. The Morgan fingerprint density at radius 3 is 2.76 bits per heavy atom. The van der Waals surface area contributed by atoms with E-state index in [-0.39, 0.29) is 11.7 Å². The van der Waals surface area contributed by atoms with E-state index in [1.54, 1.807) is 23.0 Å². The number of nitrogens with one attached hydrogen (secondary N) is 1. The van der Waals surface area contributed by atoms with Gasteiger partial charge in [0.1, 0.15) is 5.76 Å². The average Bonchev–Trinajstić information content (AvgIpc) is 3.43. The van der Waals surface area contributed by atoms with Crippen molar-refractivity contribution in [2.24, 2.45) is 0 Å². The maximum Gasteiger partial charge on any atom is 0.291 e. The molecule has 0 atom stereocenters. The van der Waals surface area contributed by atoms with Gasteiger partial charge in [-0.05, 0) is 65.7 Å². The van der Waals surface area contributed by atoms with Crippen molar-refractivity contribution >= 4 is 27.5 Å². The summed E-state index contributed by atoms with van der Waals surface area (Å²) >= 11 is 3.55. The molecule has 148 valence electrons. The van der Waals surface area contributed by atoms with E-state index in [1.807, 2.05) is 55.1 Å². The van der Waals surface area contributed by atoms with Crippen molar-refractivity contribution in [1.29, 1.82) is 0 Å². The molecule has 0 spiro atoms. The first kappa shape index (κ1) is 19.2. The van der Waals surface area contributed by atoms with E-state index in [0.717, 1.165) is 21.4 Å². The zero-order valence-electron chi connectivity index (χ0n) is 16.1. The largest absolute Gasteiger partial charge is 0.454 e. The van der Waals surface area contributed by atoms with E-state index in [4.69, 9.17) is 4.42 Å². The van der Waals surface area contributed by atoms with Crippen LogP contribution in [0.15, 0.2) is 63.7 Å². The van der Waals surface area contributed by atoms with Crippen molar-refractivity contribution < 1.29 is 9.21 Å². The highest BCUT2D eigenvalue weighted by molar-refractivity contribution is 9.10. The van der Waals surface area contributed by atoms with Crippen LogP contribution in [0.2, 0.25) is 0 Å². The minimum atomic E-state index is -0.289. The monoisotopic (exact) mass is 453 g/mol. The van der Waals surface area contributed by atoms with Gasteiger partial charge in [0.25, 0.3) is 5.91 Å². The van der Waals surface area contributed by atoms with Gasteiger partial charge in [0.15, 0.2) is 5.76 Å². The number of anilines is 1. The molecule has 8 heteroatoms. The fraction of sp³-hybridized carbons (Fsp3) is 0.190. The first-order chi connectivity index (χ1) is 14.0. The molecule has 0 fully saturated rings. The van der Waals surface area contributed by atoms with Crippen molar-refractivity contribution in [3.8, 4) is 0 Å². The fourth-order valence-corrected chi connectivity index (χ4v) is 3.36. The number of aryl methyl sites for hydroxylation is 1. The predicted octanol–water partition coefficient (Wildman–Crippen LogP) is 4.40. The molecule has 0 aliphatic heterocycles. The Hall–Kier alpha value is -3.13. The summed E-state index contributed by atoms with van der Waals surface area (Å²) in [5, 5.41) is 11.6. The third-order valence-corrected chi connectivity index (χ3v) is 5.72. The summed E-state index contributed by atoms with van der Waals surface area (Å²) in [7, 11) is 0. The smallest absolute Gasteiger partial charge is 0.291 e. The first-order valence-electron chi connectivity index (χ1n) is 9.15. The second-order valence-electron chi connectivity index (χ2n) is 6.77. The molecule has 0 aliphatic carbocycles. The van der Waals surface area contributed by atoms with Crippen LogP contribution in [0.3, 0.4) is 0 Å². The summed E-state index contributed by atoms with van der Waals surface area (Å²) in [5.74, 6) is 0.644. The second kappa shape index (κ2) is 8.08. The van der Waals surface area contributed by atoms with E-state index in [9.17, 15) is 4.79 Å². The van der Waals surface area contributed by atoms with Gasteiger partial charge in [0.2, 0.25) is 0 Å². The Labute approximate surface area is 176 Å². The second-order valence-corrected chi connectivity index (χ2v) is 7.56. The Morgan fingerprint density at radius 1 is 1.17 bits per heavy atom. The molecule has 4 rings (SSSR count). The van der Waals surface area contributed by atoms with Crippen molar-refractivity contribution in [3.63, 3.8) is 0 Å². The molecule has 3 heterocycles. The summed E-state index contributed by atoms with van der Waals surface area (Å²) in [6.07, 6.45) is 3.55. The highest BCUT2D eigenvalue weighted by atomic mass is 79.9. The zero-order valence-corrected chi connectivity index (χ0v) is 17.7. The van der Waals surface area contributed by atoms with E-state index >= 15 is 0 Å².